The molecule has 0 spiro atoms. The first-order chi connectivity index (χ1) is 8.65. The standard InChI is InChI=1S/C12H18N2O4/c1-8(2)14-11(9(16-3)6-13-14)12(15)10-7-17-4-5-18-10/h6,8,10H,4-5,7H2,1-3H3. The molecular weight excluding hydrogens is 236 g/mol. The summed E-state index contributed by atoms with van der Waals surface area (Å²) in [5, 5.41) is 4.18. The van der Waals surface area contributed by atoms with E-state index in [-0.39, 0.29) is 18.4 Å². The van der Waals surface area contributed by atoms with E-state index in [9.17, 15) is 4.79 Å². The summed E-state index contributed by atoms with van der Waals surface area (Å²) in [6, 6.07) is 0.0809. The molecule has 0 amide bonds. The SMILES string of the molecule is COc1cnn(C(C)C)c1C(=O)C1COCCO1. The number of nitrogens with zero attached hydrogens (tertiary/aromatic N) is 2. The van der Waals surface area contributed by atoms with E-state index in [4.69, 9.17) is 14.2 Å². The molecule has 0 saturated carbocycles. The molecule has 2 heterocycles. The van der Waals surface area contributed by atoms with Gasteiger partial charge in [0.05, 0.1) is 33.1 Å². The fraction of sp³-hybridized carbons (Fsp3) is 0.667. The third kappa shape index (κ3) is 2.39. The lowest BCUT2D eigenvalue weighted by molar-refractivity contribution is -0.0722. The van der Waals surface area contributed by atoms with E-state index in [0.717, 1.165) is 0 Å². The molecule has 0 aliphatic carbocycles. The first-order valence-electron chi connectivity index (χ1n) is 6.00. The number of carbonyl (C=O) groups excluding carboxylic acids is 1. The normalized spacial score (nSPS) is 20.1. The van der Waals surface area contributed by atoms with Gasteiger partial charge in [-0.05, 0) is 13.8 Å². The third-order valence-electron chi connectivity index (χ3n) is 2.81. The minimum Gasteiger partial charge on any atom is -0.493 e. The van der Waals surface area contributed by atoms with Gasteiger partial charge < -0.3 is 14.2 Å². The van der Waals surface area contributed by atoms with E-state index >= 15 is 0 Å². The smallest absolute Gasteiger partial charge is 0.215 e. The second kappa shape index (κ2) is 5.49. The number of hydrogen-bond acceptors (Lipinski definition) is 5. The molecule has 1 atom stereocenters. The lowest BCUT2D eigenvalue weighted by Gasteiger charge is -2.22. The molecule has 1 aliphatic heterocycles. The van der Waals surface area contributed by atoms with Crippen molar-refractivity contribution < 1.29 is 19.0 Å². The summed E-state index contributed by atoms with van der Waals surface area (Å²) in [4.78, 5) is 12.4. The van der Waals surface area contributed by atoms with Crippen LogP contribution in [-0.4, -0.2) is 48.6 Å². The molecule has 1 aliphatic rings. The average molecular weight is 254 g/mol. The fourth-order valence-corrected chi connectivity index (χ4v) is 1.91. The maximum absolute atomic E-state index is 12.4. The van der Waals surface area contributed by atoms with E-state index in [1.54, 1.807) is 10.9 Å². The topological polar surface area (TPSA) is 62.6 Å². The highest BCUT2D eigenvalue weighted by molar-refractivity contribution is 6.00. The molecule has 1 fully saturated rings. The molecule has 0 bridgehead atoms. The van der Waals surface area contributed by atoms with Crippen LogP contribution < -0.4 is 4.74 Å². The van der Waals surface area contributed by atoms with Crippen molar-refractivity contribution in [2.24, 2.45) is 0 Å². The Morgan fingerprint density at radius 3 is 2.89 bits per heavy atom. The first kappa shape index (κ1) is 13.0. The molecule has 2 rings (SSSR count). The molecule has 1 saturated heterocycles. The van der Waals surface area contributed by atoms with Crippen LogP contribution in [0.5, 0.6) is 5.75 Å². The highest BCUT2D eigenvalue weighted by atomic mass is 16.6. The van der Waals surface area contributed by atoms with Gasteiger partial charge in [0, 0.05) is 6.04 Å². The number of methoxy groups -OCH3 is 1. The minimum absolute atomic E-state index is 0.0809. The van der Waals surface area contributed by atoms with Crippen LogP contribution in [0.25, 0.3) is 0 Å². The van der Waals surface area contributed by atoms with E-state index in [2.05, 4.69) is 5.10 Å². The van der Waals surface area contributed by atoms with Crippen molar-refractivity contribution in [3.8, 4) is 5.75 Å². The second-order valence-corrected chi connectivity index (χ2v) is 4.40. The molecule has 0 N–H and O–H groups in total. The Morgan fingerprint density at radius 1 is 1.56 bits per heavy atom. The predicted molar refractivity (Wildman–Crippen MR) is 64.1 cm³/mol. The largest absolute Gasteiger partial charge is 0.493 e. The van der Waals surface area contributed by atoms with Gasteiger partial charge in [-0.1, -0.05) is 0 Å². The van der Waals surface area contributed by atoms with Crippen molar-refractivity contribution in [2.45, 2.75) is 26.0 Å². The molecule has 100 valence electrons. The molecule has 6 nitrogen and oxygen atoms in total. The van der Waals surface area contributed by atoms with Gasteiger partial charge in [-0.3, -0.25) is 9.48 Å². The van der Waals surface area contributed by atoms with Crippen molar-refractivity contribution in [3.05, 3.63) is 11.9 Å². The summed E-state index contributed by atoms with van der Waals surface area (Å²) < 4.78 is 17.5. The number of ether oxygens (including phenoxy) is 3. The van der Waals surface area contributed by atoms with Crippen molar-refractivity contribution >= 4 is 5.78 Å². The quantitative estimate of drug-likeness (QED) is 0.752. The Labute approximate surface area is 106 Å². The summed E-state index contributed by atoms with van der Waals surface area (Å²) in [5.41, 5.74) is 0.447. The molecular formula is C12H18N2O4. The molecule has 1 aromatic heterocycles. The number of carbonyl (C=O) groups is 1. The van der Waals surface area contributed by atoms with Gasteiger partial charge in [0.25, 0.3) is 0 Å². The number of aromatic nitrogens is 2. The molecule has 6 heteroatoms. The number of ketones is 1. The molecule has 18 heavy (non-hydrogen) atoms. The fourth-order valence-electron chi connectivity index (χ4n) is 1.91. The lowest BCUT2D eigenvalue weighted by atomic mass is 10.1. The predicted octanol–water partition coefficient (Wildman–Crippen LogP) is 1.07. The van der Waals surface area contributed by atoms with E-state index < -0.39 is 6.10 Å². The zero-order valence-corrected chi connectivity index (χ0v) is 10.9. The monoisotopic (exact) mass is 254 g/mol. The van der Waals surface area contributed by atoms with Gasteiger partial charge in [-0.25, -0.2) is 0 Å². The molecule has 0 aromatic carbocycles. The summed E-state index contributed by atoms with van der Waals surface area (Å²) in [6.45, 7) is 5.17. The number of rotatable bonds is 4. The lowest BCUT2D eigenvalue weighted by Crippen LogP contribution is -2.36. The summed E-state index contributed by atoms with van der Waals surface area (Å²) in [6.07, 6.45) is 0.985. The highest BCUT2D eigenvalue weighted by Crippen LogP contribution is 2.23. The Bertz CT molecular complexity index is 422. The Balaban J connectivity index is 2.29. The van der Waals surface area contributed by atoms with Gasteiger partial charge >= 0.3 is 0 Å². The zero-order valence-electron chi connectivity index (χ0n) is 10.9. The van der Waals surface area contributed by atoms with E-state index in [0.29, 0.717) is 24.7 Å². The van der Waals surface area contributed by atoms with Crippen LogP contribution in [0.2, 0.25) is 0 Å². The Morgan fingerprint density at radius 2 is 2.33 bits per heavy atom. The Hall–Kier alpha value is -1.40. The zero-order chi connectivity index (χ0) is 13.1. The van der Waals surface area contributed by atoms with Crippen molar-refractivity contribution in [1.29, 1.82) is 0 Å². The van der Waals surface area contributed by atoms with Gasteiger partial charge in [-0.15, -0.1) is 0 Å². The first-order valence-corrected chi connectivity index (χ1v) is 6.00. The number of Topliss-reactive ketones (excluding diaryl/α,β-unsaturated/α-hetero) is 1. The maximum Gasteiger partial charge on any atom is 0.215 e. The van der Waals surface area contributed by atoms with Crippen LogP contribution in [0.3, 0.4) is 0 Å². The number of hydrogen-bond donors (Lipinski definition) is 0. The van der Waals surface area contributed by atoms with Crippen molar-refractivity contribution in [1.82, 2.24) is 9.78 Å². The van der Waals surface area contributed by atoms with E-state index in [1.807, 2.05) is 13.8 Å². The summed E-state index contributed by atoms with van der Waals surface area (Å²) in [7, 11) is 1.52. The molecule has 1 aromatic rings. The van der Waals surface area contributed by atoms with Gasteiger partial charge in [0.1, 0.15) is 11.8 Å². The van der Waals surface area contributed by atoms with Crippen LogP contribution in [0.15, 0.2) is 6.20 Å². The second-order valence-electron chi connectivity index (χ2n) is 4.40. The minimum atomic E-state index is -0.568. The maximum atomic E-state index is 12.4. The van der Waals surface area contributed by atoms with Crippen LogP contribution >= 0.6 is 0 Å². The Kier molecular flexibility index (Phi) is 3.98. The van der Waals surface area contributed by atoms with Gasteiger partial charge in [0.15, 0.2) is 5.75 Å². The summed E-state index contributed by atoms with van der Waals surface area (Å²) >= 11 is 0. The van der Waals surface area contributed by atoms with Crippen molar-refractivity contribution in [3.63, 3.8) is 0 Å². The van der Waals surface area contributed by atoms with Crippen LogP contribution in [0.1, 0.15) is 30.4 Å². The molecule has 0 radical (unpaired) electrons. The van der Waals surface area contributed by atoms with E-state index in [1.165, 1.54) is 7.11 Å². The summed E-state index contributed by atoms with van der Waals surface area (Å²) in [5.74, 6) is 0.334. The van der Waals surface area contributed by atoms with Crippen LogP contribution in [0.4, 0.5) is 0 Å². The van der Waals surface area contributed by atoms with Crippen LogP contribution in [-0.2, 0) is 9.47 Å². The molecule has 1 unspecified atom stereocenters. The van der Waals surface area contributed by atoms with Gasteiger partial charge in [-0.2, -0.15) is 5.10 Å². The average Bonchev–Trinajstić information content (AvgIpc) is 2.82. The van der Waals surface area contributed by atoms with Crippen molar-refractivity contribution in [2.75, 3.05) is 26.9 Å². The van der Waals surface area contributed by atoms with Crippen LogP contribution in [0, 0.1) is 0 Å². The third-order valence-corrected chi connectivity index (χ3v) is 2.81. The van der Waals surface area contributed by atoms with Gasteiger partial charge in [0.2, 0.25) is 5.78 Å². The highest BCUT2D eigenvalue weighted by Gasteiger charge is 2.30.